The van der Waals surface area contributed by atoms with E-state index in [1.807, 2.05) is 44.2 Å². The van der Waals surface area contributed by atoms with E-state index in [9.17, 15) is 8.78 Å². The van der Waals surface area contributed by atoms with Gasteiger partial charge < -0.3 is 5.32 Å². The molecule has 1 N–H and O–H groups in total. The molecule has 0 saturated carbocycles. The van der Waals surface area contributed by atoms with Gasteiger partial charge >= 0.3 is 0 Å². The van der Waals surface area contributed by atoms with Gasteiger partial charge in [0.1, 0.15) is 5.15 Å². The fraction of sp³-hybridized carbons (Fsp3) is 0.211. The van der Waals surface area contributed by atoms with Gasteiger partial charge in [-0.05, 0) is 43.7 Å². The van der Waals surface area contributed by atoms with Crippen LogP contribution in [-0.4, -0.2) is 9.78 Å². The minimum atomic E-state index is -0.850. The van der Waals surface area contributed by atoms with Crippen LogP contribution in [0.1, 0.15) is 29.8 Å². The Hall–Kier alpha value is -2.24. The van der Waals surface area contributed by atoms with Gasteiger partial charge in [-0.25, -0.2) is 13.5 Å². The van der Waals surface area contributed by atoms with Crippen molar-refractivity contribution in [3.05, 3.63) is 82.1 Å². The summed E-state index contributed by atoms with van der Waals surface area (Å²) in [6.45, 7) is 4.25. The van der Waals surface area contributed by atoms with E-state index in [2.05, 4.69) is 10.4 Å². The molecule has 1 aromatic heterocycles. The van der Waals surface area contributed by atoms with Crippen LogP contribution in [-0.2, 0) is 6.54 Å². The molecule has 3 nitrogen and oxygen atoms in total. The van der Waals surface area contributed by atoms with Crippen LogP contribution in [0.3, 0.4) is 0 Å². The van der Waals surface area contributed by atoms with E-state index in [1.54, 1.807) is 10.7 Å². The maximum absolute atomic E-state index is 13.4. The van der Waals surface area contributed by atoms with Crippen LogP contribution in [0.5, 0.6) is 0 Å². The van der Waals surface area contributed by atoms with E-state index in [-0.39, 0.29) is 6.04 Å². The monoisotopic (exact) mass is 361 g/mol. The first-order valence-electron chi connectivity index (χ1n) is 7.95. The molecule has 1 atom stereocenters. The lowest BCUT2D eigenvalue weighted by Crippen LogP contribution is -2.18. The van der Waals surface area contributed by atoms with Gasteiger partial charge in [-0.2, -0.15) is 5.10 Å². The first-order valence-corrected chi connectivity index (χ1v) is 8.33. The van der Waals surface area contributed by atoms with Crippen molar-refractivity contribution in [1.29, 1.82) is 0 Å². The molecule has 0 aliphatic carbocycles. The lowest BCUT2D eigenvalue weighted by Gasteiger charge is -2.14. The van der Waals surface area contributed by atoms with E-state index in [1.165, 1.54) is 6.07 Å². The zero-order chi connectivity index (χ0) is 18.0. The van der Waals surface area contributed by atoms with Gasteiger partial charge in [-0.3, -0.25) is 0 Å². The molecular weight excluding hydrogens is 344 g/mol. The zero-order valence-electron chi connectivity index (χ0n) is 13.9. The quantitative estimate of drug-likeness (QED) is 0.695. The molecule has 0 aliphatic heterocycles. The summed E-state index contributed by atoms with van der Waals surface area (Å²) in [7, 11) is 0. The standard InChI is InChI=1S/C19H18ClF2N3/c1-12(14-8-9-17(21)18(22)10-14)23-11-16-13(2)24-25(19(16)20)15-6-4-3-5-7-15/h3-10,12,23H,11H2,1-2H3/t12-/m0/s1. The number of halogens is 3. The van der Waals surface area contributed by atoms with Crippen LogP contribution >= 0.6 is 11.6 Å². The van der Waals surface area contributed by atoms with E-state index in [0.29, 0.717) is 17.3 Å². The van der Waals surface area contributed by atoms with Gasteiger partial charge in [-0.1, -0.05) is 35.9 Å². The summed E-state index contributed by atoms with van der Waals surface area (Å²) in [5.41, 5.74) is 3.25. The molecule has 3 rings (SSSR count). The molecule has 0 fully saturated rings. The summed E-state index contributed by atoms with van der Waals surface area (Å²) in [6.07, 6.45) is 0. The average Bonchev–Trinajstić information content (AvgIpc) is 2.90. The SMILES string of the molecule is Cc1nn(-c2ccccc2)c(Cl)c1CN[C@@H](C)c1ccc(F)c(F)c1. The smallest absolute Gasteiger partial charge is 0.159 e. The van der Waals surface area contributed by atoms with Gasteiger partial charge in [-0.15, -0.1) is 0 Å². The Morgan fingerprint density at radius 2 is 1.84 bits per heavy atom. The van der Waals surface area contributed by atoms with Crippen molar-refractivity contribution in [1.82, 2.24) is 15.1 Å². The molecule has 6 heteroatoms. The molecule has 2 aromatic carbocycles. The number of hydrogen-bond donors (Lipinski definition) is 1. The Labute approximate surface area is 150 Å². The summed E-state index contributed by atoms with van der Waals surface area (Å²) in [6, 6.07) is 13.4. The van der Waals surface area contributed by atoms with Crippen molar-refractivity contribution in [2.75, 3.05) is 0 Å². The average molecular weight is 362 g/mol. The van der Waals surface area contributed by atoms with E-state index < -0.39 is 11.6 Å². The maximum atomic E-state index is 13.4. The molecule has 0 amide bonds. The van der Waals surface area contributed by atoms with E-state index in [4.69, 9.17) is 11.6 Å². The largest absolute Gasteiger partial charge is 0.306 e. The molecule has 0 saturated heterocycles. The fourth-order valence-electron chi connectivity index (χ4n) is 2.63. The molecule has 0 bridgehead atoms. The molecule has 3 aromatic rings. The van der Waals surface area contributed by atoms with Crippen LogP contribution < -0.4 is 5.32 Å². The number of rotatable bonds is 5. The molecule has 0 spiro atoms. The van der Waals surface area contributed by atoms with E-state index in [0.717, 1.165) is 23.0 Å². The van der Waals surface area contributed by atoms with Crippen LogP contribution in [0.2, 0.25) is 5.15 Å². The number of nitrogens with zero attached hydrogens (tertiary/aromatic N) is 2. The summed E-state index contributed by atoms with van der Waals surface area (Å²) in [4.78, 5) is 0. The minimum absolute atomic E-state index is 0.161. The van der Waals surface area contributed by atoms with Gasteiger partial charge in [0.2, 0.25) is 0 Å². The third-order valence-electron chi connectivity index (χ3n) is 4.15. The molecule has 1 heterocycles. The van der Waals surface area contributed by atoms with Gasteiger partial charge in [0.25, 0.3) is 0 Å². The molecule has 0 aliphatic rings. The highest BCUT2D eigenvalue weighted by atomic mass is 35.5. The Bertz CT molecular complexity index is 878. The highest BCUT2D eigenvalue weighted by molar-refractivity contribution is 6.30. The number of para-hydroxylation sites is 1. The Morgan fingerprint density at radius 1 is 1.12 bits per heavy atom. The predicted molar refractivity (Wildman–Crippen MR) is 94.9 cm³/mol. The fourth-order valence-corrected chi connectivity index (χ4v) is 2.97. The molecule has 0 radical (unpaired) electrons. The predicted octanol–water partition coefficient (Wildman–Crippen LogP) is 4.96. The number of aromatic nitrogens is 2. The summed E-state index contributed by atoms with van der Waals surface area (Å²) in [5.74, 6) is -1.70. The molecule has 0 unspecified atom stereocenters. The summed E-state index contributed by atoms with van der Waals surface area (Å²) in [5, 5.41) is 8.31. The molecule has 25 heavy (non-hydrogen) atoms. The zero-order valence-corrected chi connectivity index (χ0v) is 14.7. The van der Waals surface area contributed by atoms with Crippen LogP contribution in [0.4, 0.5) is 8.78 Å². The summed E-state index contributed by atoms with van der Waals surface area (Å²) < 4.78 is 28.1. The first kappa shape index (κ1) is 17.6. The Morgan fingerprint density at radius 3 is 2.52 bits per heavy atom. The van der Waals surface area contributed by atoms with Crippen LogP contribution in [0.15, 0.2) is 48.5 Å². The topological polar surface area (TPSA) is 29.9 Å². The first-order chi connectivity index (χ1) is 12.0. The Balaban J connectivity index is 1.77. The van der Waals surface area contributed by atoms with Gasteiger partial charge in [0.05, 0.1) is 11.4 Å². The van der Waals surface area contributed by atoms with Gasteiger partial charge in [0.15, 0.2) is 11.6 Å². The van der Waals surface area contributed by atoms with Crippen molar-refractivity contribution in [3.8, 4) is 5.69 Å². The second-order valence-corrected chi connectivity index (χ2v) is 6.24. The van der Waals surface area contributed by atoms with Crippen molar-refractivity contribution >= 4 is 11.6 Å². The number of benzene rings is 2. The second kappa shape index (κ2) is 7.33. The maximum Gasteiger partial charge on any atom is 0.159 e. The van der Waals surface area contributed by atoms with Crippen molar-refractivity contribution in [2.45, 2.75) is 26.4 Å². The molecular formula is C19H18ClF2N3. The normalized spacial score (nSPS) is 12.4. The summed E-state index contributed by atoms with van der Waals surface area (Å²) >= 11 is 6.49. The van der Waals surface area contributed by atoms with Crippen molar-refractivity contribution in [2.24, 2.45) is 0 Å². The van der Waals surface area contributed by atoms with Crippen molar-refractivity contribution < 1.29 is 8.78 Å². The van der Waals surface area contributed by atoms with E-state index >= 15 is 0 Å². The third-order valence-corrected chi connectivity index (χ3v) is 4.54. The highest BCUT2D eigenvalue weighted by Gasteiger charge is 2.16. The lowest BCUT2D eigenvalue weighted by molar-refractivity contribution is 0.500. The number of nitrogens with one attached hydrogen (secondary N) is 1. The third kappa shape index (κ3) is 3.72. The Kier molecular flexibility index (Phi) is 5.16. The minimum Gasteiger partial charge on any atom is -0.306 e. The molecule has 130 valence electrons. The van der Waals surface area contributed by atoms with Gasteiger partial charge in [0, 0.05) is 18.2 Å². The second-order valence-electron chi connectivity index (χ2n) is 5.88. The number of hydrogen-bond acceptors (Lipinski definition) is 2. The van der Waals surface area contributed by atoms with Crippen molar-refractivity contribution in [3.63, 3.8) is 0 Å². The van der Waals surface area contributed by atoms with Crippen LogP contribution in [0, 0.1) is 18.6 Å². The lowest BCUT2D eigenvalue weighted by atomic mass is 10.1. The number of aryl methyl sites for hydroxylation is 1. The highest BCUT2D eigenvalue weighted by Crippen LogP contribution is 2.24. The van der Waals surface area contributed by atoms with Crippen LogP contribution in [0.25, 0.3) is 5.69 Å².